The summed E-state index contributed by atoms with van der Waals surface area (Å²) in [5, 5.41) is 11.2. The van der Waals surface area contributed by atoms with Crippen LogP contribution < -0.4 is 4.43 Å². The molecule has 2 aromatic carbocycles. The molecule has 1 N–H and O–H groups in total. The maximum atomic E-state index is 10.6. The highest BCUT2D eigenvalue weighted by atomic mass is 35.5. The summed E-state index contributed by atoms with van der Waals surface area (Å²) < 4.78 is 6.68. The van der Waals surface area contributed by atoms with Crippen LogP contribution in [0.15, 0.2) is 48.5 Å². The van der Waals surface area contributed by atoms with Gasteiger partial charge in [-0.3, -0.25) is 0 Å². The minimum absolute atomic E-state index is 0.527. The number of benzene rings is 2. The molecule has 0 aliphatic heterocycles. The van der Waals surface area contributed by atoms with Crippen molar-refractivity contribution in [3.8, 4) is 5.75 Å². The average Bonchev–Trinajstić information content (AvgIpc) is 2.58. The highest BCUT2D eigenvalue weighted by Crippen LogP contribution is 2.42. The summed E-state index contributed by atoms with van der Waals surface area (Å²) >= 11 is 6.04. The Morgan fingerprint density at radius 2 is 1.35 bits per heavy atom. The van der Waals surface area contributed by atoms with E-state index >= 15 is 0 Å². The van der Waals surface area contributed by atoms with E-state index in [0.29, 0.717) is 21.6 Å². The van der Waals surface area contributed by atoms with E-state index in [1.165, 1.54) is 0 Å². The Bertz CT molecular complexity index is 689. The van der Waals surface area contributed by atoms with Gasteiger partial charge < -0.3 is 9.53 Å². The van der Waals surface area contributed by atoms with Gasteiger partial charge in [0.2, 0.25) is 0 Å². The number of halogens is 1. The zero-order valence-electron chi connectivity index (χ0n) is 16.7. The van der Waals surface area contributed by atoms with Crippen molar-refractivity contribution in [1.29, 1.82) is 0 Å². The molecule has 1 unspecified atom stereocenters. The fraction of sp³-hybridized carbons (Fsp3) is 0.455. The molecule has 2 nitrogen and oxygen atoms in total. The molecular formula is C22H31ClO2Si. The Morgan fingerprint density at radius 1 is 0.808 bits per heavy atom. The van der Waals surface area contributed by atoms with Gasteiger partial charge in [-0.1, -0.05) is 77.4 Å². The first-order valence-electron chi connectivity index (χ1n) is 9.41. The molecule has 1 atom stereocenters. The molecule has 142 valence electrons. The van der Waals surface area contributed by atoms with Crippen LogP contribution in [0.5, 0.6) is 5.75 Å². The van der Waals surface area contributed by atoms with Crippen LogP contribution in [-0.4, -0.2) is 13.4 Å². The third-order valence-corrected chi connectivity index (χ3v) is 11.6. The van der Waals surface area contributed by atoms with Crippen LogP contribution in [-0.2, 0) is 0 Å². The summed E-state index contributed by atoms with van der Waals surface area (Å²) in [6, 6.07) is 15.2. The minimum atomic E-state index is -1.96. The van der Waals surface area contributed by atoms with E-state index in [1.807, 2.05) is 42.5 Å². The molecule has 0 saturated carbocycles. The Labute approximate surface area is 164 Å². The number of hydrogen-bond donors (Lipinski definition) is 1. The molecule has 0 heterocycles. The van der Waals surface area contributed by atoms with Gasteiger partial charge in [-0.05, 0) is 52.0 Å². The van der Waals surface area contributed by atoms with Crippen LogP contribution in [0.1, 0.15) is 58.8 Å². The average molecular weight is 391 g/mol. The molecular weight excluding hydrogens is 360 g/mol. The predicted octanol–water partition coefficient (Wildman–Crippen LogP) is 6.98. The maximum absolute atomic E-state index is 10.6. The van der Waals surface area contributed by atoms with Crippen molar-refractivity contribution < 1.29 is 9.53 Å². The Morgan fingerprint density at radius 3 is 1.81 bits per heavy atom. The molecule has 0 spiro atoms. The van der Waals surface area contributed by atoms with Crippen LogP contribution in [0.2, 0.25) is 21.6 Å². The predicted molar refractivity (Wildman–Crippen MR) is 114 cm³/mol. The van der Waals surface area contributed by atoms with Crippen molar-refractivity contribution in [3.63, 3.8) is 0 Å². The number of aliphatic hydroxyl groups is 1. The Balaban J connectivity index is 2.26. The normalized spacial score (nSPS) is 13.5. The van der Waals surface area contributed by atoms with E-state index in [0.717, 1.165) is 16.9 Å². The van der Waals surface area contributed by atoms with E-state index in [1.54, 1.807) is 6.07 Å². The molecule has 0 amide bonds. The summed E-state index contributed by atoms with van der Waals surface area (Å²) in [4.78, 5) is 0. The van der Waals surface area contributed by atoms with E-state index in [4.69, 9.17) is 16.0 Å². The van der Waals surface area contributed by atoms with Gasteiger partial charge in [-0.2, -0.15) is 0 Å². The summed E-state index contributed by atoms with van der Waals surface area (Å²) in [5.74, 6) is 0.898. The highest BCUT2D eigenvalue weighted by molar-refractivity contribution is 6.78. The van der Waals surface area contributed by atoms with Crippen molar-refractivity contribution >= 4 is 19.9 Å². The summed E-state index contributed by atoms with van der Waals surface area (Å²) in [6.07, 6.45) is -0.690. The lowest BCUT2D eigenvalue weighted by Gasteiger charge is -2.42. The number of aliphatic hydroxyl groups excluding tert-OH is 1. The molecule has 0 fully saturated rings. The lowest BCUT2D eigenvalue weighted by Crippen LogP contribution is -2.50. The van der Waals surface area contributed by atoms with Crippen molar-refractivity contribution in [1.82, 2.24) is 0 Å². The largest absolute Gasteiger partial charge is 0.543 e. The van der Waals surface area contributed by atoms with Gasteiger partial charge in [0.15, 0.2) is 0 Å². The maximum Gasteiger partial charge on any atom is 0.258 e. The van der Waals surface area contributed by atoms with Gasteiger partial charge in [-0.25, -0.2) is 0 Å². The highest BCUT2D eigenvalue weighted by Gasteiger charge is 2.46. The number of rotatable bonds is 7. The monoisotopic (exact) mass is 390 g/mol. The Kier molecular flexibility index (Phi) is 6.95. The molecule has 26 heavy (non-hydrogen) atoms. The molecule has 0 aliphatic rings. The standard InChI is InChI=1S/C22H31ClO2Si/c1-15(2)26(16(3)4,17(5)6)25-21-12-10-18(11-13-21)22(24)19-8-7-9-20(23)14-19/h7-17,22,24H,1-6H3. The SMILES string of the molecule is CC(C)[Si](Oc1ccc(C(O)c2cccc(Cl)c2)cc1)(C(C)C)C(C)C. The van der Waals surface area contributed by atoms with Gasteiger partial charge in [0.05, 0.1) is 0 Å². The topological polar surface area (TPSA) is 29.5 Å². The minimum Gasteiger partial charge on any atom is -0.543 e. The third-order valence-electron chi connectivity index (χ3n) is 5.36. The van der Waals surface area contributed by atoms with E-state index in [2.05, 4.69) is 41.5 Å². The van der Waals surface area contributed by atoms with Gasteiger partial charge in [-0.15, -0.1) is 0 Å². The quantitative estimate of drug-likeness (QED) is 0.517. The lowest BCUT2D eigenvalue weighted by molar-refractivity contribution is 0.220. The summed E-state index contributed by atoms with van der Waals surface area (Å²) in [5.41, 5.74) is 3.21. The second-order valence-corrected chi connectivity index (χ2v) is 13.8. The number of hydrogen-bond acceptors (Lipinski definition) is 2. The Hall–Kier alpha value is -1.29. The summed E-state index contributed by atoms with van der Waals surface area (Å²) in [7, 11) is -1.96. The molecule has 0 aromatic heterocycles. The van der Waals surface area contributed by atoms with Crippen molar-refractivity contribution in [2.75, 3.05) is 0 Å². The first-order chi connectivity index (χ1) is 12.2. The van der Waals surface area contributed by atoms with E-state index < -0.39 is 14.4 Å². The summed E-state index contributed by atoms with van der Waals surface area (Å²) in [6.45, 7) is 13.7. The second kappa shape index (κ2) is 8.60. The first kappa shape index (κ1) is 21.0. The zero-order chi connectivity index (χ0) is 19.5. The smallest absolute Gasteiger partial charge is 0.258 e. The van der Waals surface area contributed by atoms with Crippen molar-refractivity contribution in [2.45, 2.75) is 64.3 Å². The third kappa shape index (κ3) is 4.33. The molecule has 0 bridgehead atoms. The fourth-order valence-corrected chi connectivity index (χ4v) is 9.60. The molecule has 0 radical (unpaired) electrons. The first-order valence-corrected chi connectivity index (χ1v) is 11.9. The van der Waals surface area contributed by atoms with Gasteiger partial charge in [0.25, 0.3) is 8.32 Å². The molecule has 2 rings (SSSR count). The molecule has 0 aliphatic carbocycles. The van der Waals surface area contributed by atoms with Crippen molar-refractivity contribution in [2.24, 2.45) is 0 Å². The van der Waals surface area contributed by atoms with Gasteiger partial charge in [0.1, 0.15) is 11.9 Å². The van der Waals surface area contributed by atoms with Crippen LogP contribution >= 0.6 is 11.6 Å². The van der Waals surface area contributed by atoms with Crippen molar-refractivity contribution in [3.05, 3.63) is 64.7 Å². The second-order valence-electron chi connectivity index (χ2n) is 7.95. The molecule has 0 saturated heterocycles. The van der Waals surface area contributed by atoms with E-state index in [9.17, 15) is 5.11 Å². The fourth-order valence-electron chi connectivity index (χ4n) is 4.14. The van der Waals surface area contributed by atoms with Gasteiger partial charge >= 0.3 is 0 Å². The van der Waals surface area contributed by atoms with Crippen LogP contribution in [0.25, 0.3) is 0 Å². The van der Waals surface area contributed by atoms with E-state index in [-0.39, 0.29) is 0 Å². The molecule has 4 heteroatoms. The lowest BCUT2D eigenvalue weighted by atomic mass is 10.0. The van der Waals surface area contributed by atoms with Crippen LogP contribution in [0.4, 0.5) is 0 Å². The van der Waals surface area contributed by atoms with Crippen LogP contribution in [0.3, 0.4) is 0 Å². The zero-order valence-corrected chi connectivity index (χ0v) is 18.4. The molecule has 2 aromatic rings. The van der Waals surface area contributed by atoms with Crippen LogP contribution in [0, 0.1) is 0 Å². The van der Waals surface area contributed by atoms with Gasteiger partial charge in [0, 0.05) is 5.02 Å².